The van der Waals surface area contributed by atoms with Crippen molar-refractivity contribution in [2.75, 3.05) is 20.8 Å². The van der Waals surface area contributed by atoms with E-state index in [1.807, 2.05) is 50.2 Å². The van der Waals surface area contributed by atoms with Crippen LogP contribution in [0.5, 0.6) is 11.5 Å². The van der Waals surface area contributed by atoms with Crippen molar-refractivity contribution in [3.05, 3.63) is 54.3 Å². The van der Waals surface area contributed by atoms with Gasteiger partial charge in [-0.25, -0.2) is 0 Å². The van der Waals surface area contributed by atoms with Gasteiger partial charge in [0.05, 0.1) is 20.0 Å². The number of carbonyl (C=O) groups is 1. The lowest BCUT2D eigenvalue weighted by atomic mass is 9.98. The minimum Gasteiger partial charge on any atom is -0.496 e. The van der Waals surface area contributed by atoms with Crippen LogP contribution in [0.4, 0.5) is 0 Å². The number of fused-ring (bicyclic) bond motifs is 1. The molecule has 0 aliphatic carbocycles. The molecule has 0 fully saturated rings. The van der Waals surface area contributed by atoms with E-state index in [0.29, 0.717) is 12.4 Å². The molecule has 1 aromatic heterocycles. The number of likely N-dealkylation sites (N-methyl/N-ethyl adjacent to an activating group) is 1. The predicted octanol–water partition coefficient (Wildman–Crippen LogP) is 4.66. The molecule has 1 N–H and O–H groups in total. The first kappa shape index (κ1) is 18.6. The molecule has 0 saturated heterocycles. The second-order valence-corrected chi connectivity index (χ2v) is 6.07. The van der Waals surface area contributed by atoms with E-state index < -0.39 is 0 Å². The molecule has 1 amide bonds. The zero-order chi connectivity index (χ0) is 19.4. The Labute approximate surface area is 158 Å². The van der Waals surface area contributed by atoms with Crippen LogP contribution >= 0.6 is 0 Å². The fraction of sp³-hybridized carbons (Fsp3) is 0.227. The summed E-state index contributed by atoms with van der Waals surface area (Å²) in [6, 6.07) is 11.7. The third-order valence-corrected chi connectivity index (χ3v) is 4.39. The Hall–Kier alpha value is -3.21. The molecule has 1 heterocycles. The number of carbonyl (C=O) groups excluding carboxylic acids is 1. The van der Waals surface area contributed by atoms with Gasteiger partial charge < -0.3 is 19.2 Å². The van der Waals surface area contributed by atoms with Crippen LogP contribution in [-0.4, -0.2) is 26.7 Å². The lowest BCUT2D eigenvalue weighted by molar-refractivity contribution is -0.116. The van der Waals surface area contributed by atoms with Crippen LogP contribution in [0.1, 0.15) is 19.4 Å². The van der Waals surface area contributed by atoms with Crippen LogP contribution in [0.25, 0.3) is 27.7 Å². The smallest absolute Gasteiger partial charge is 0.244 e. The predicted molar refractivity (Wildman–Crippen MR) is 107 cm³/mol. The van der Waals surface area contributed by atoms with E-state index in [4.69, 9.17) is 13.9 Å². The number of para-hydroxylation sites is 1. The maximum Gasteiger partial charge on any atom is 0.244 e. The highest BCUT2D eigenvalue weighted by Gasteiger charge is 2.17. The molecule has 0 unspecified atom stereocenters. The summed E-state index contributed by atoms with van der Waals surface area (Å²) in [4.78, 5) is 11.8. The number of nitrogens with one attached hydrogen (secondary N) is 1. The average Bonchev–Trinajstić information content (AvgIpc) is 3.10. The van der Waals surface area contributed by atoms with E-state index in [1.165, 1.54) is 0 Å². The van der Waals surface area contributed by atoms with Gasteiger partial charge in [0, 0.05) is 41.3 Å². The molecular formula is C22H23NO4. The zero-order valence-electron chi connectivity index (χ0n) is 16.0. The second kappa shape index (κ2) is 7.99. The number of hydrogen-bond donors (Lipinski definition) is 1. The first-order valence-corrected chi connectivity index (χ1v) is 8.80. The Bertz CT molecular complexity index is 1000. The molecule has 5 nitrogen and oxygen atoms in total. The Morgan fingerprint density at radius 2 is 1.96 bits per heavy atom. The summed E-state index contributed by atoms with van der Waals surface area (Å²) < 4.78 is 17.1. The highest BCUT2D eigenvalue weighted by molar-refractivity contribution is 6.00. The minimum absolute atomic E-state index is 0.160. The van der Waals surface area contributed by atoms with Crippen molar-refractivity contribution < 1.29 is 18.7 Å². The number of hydrogen-bond acceptors (Lipinski definition) is 4. The molecule has 0 atom stereocenters. The van der Waals surface area contributed by atoms with E-state index in [1.54, 1.807) is 26.5 Å². The summed E-state index contributed by atoms with van der Waals surface area (Å²) in [5.74, 6) is 1.30. The van der Waals surface area contributed by atoms with Crippen molar-refractivity contribution in [2.24, 2.45) is 0 Å². The molecule has 0 aliphatic heterocycles. The van der Waals surface area contributed by atoms with Gasteiger partial charge in [-0.1, -0.05) is 18.2 Å². The van der Waals surface area contributed by atoms with Crippen LogP contribution in [-0.2, 0) is 4.79 Å². The molecule has 0 spiro atoms. The summed E-state index contributed by atoms with van der Waals surface area (Å²) in [5.41, 5.74) is 4.26. The van der Waals surface area contributed by atoms with E-state index in [9.17, 15) is 4.79 Å². The lowest BCUT2D eigenvalue weighted by Crippen LogP contribution is -2.14. The monoisotopic (exact) mass is 365 g/mol. The normalized spacial score (nSPS) is 11.5. The van der Waals surface area contributed by atoms with Gasteiger partial charge in [-0.15, -0.1) is 0 Å². The molecule has 3 rings (SSSR count). The van der Waals surface area contributed by atoms with E-state index in [-0.39, 0.29) is 5.91 Å². The fourth-order valence-corrected chi connectivity index (χ4v) is 3.06. The molecule has 0 radical (unpaired) electrons. The quantitative estimate of drug-likeness (QED) is 0.646. The van der Waals surface area contributed by atoms with Crippen molar-refractivity contribution in [2.45, 2.75) is 13.8 Å². The van der Waals surface area contributed by atoms with Crippen LogP contribution in [0, 0.1) is 0 Å². The maximum atomic E-state index is 11.8. The Balaban J connectivity index is 2.22. The number of benzene rings is 2. The summed E-state index contributed by atoms with van der Waals surface area (Å²) in [5, 5.41) is 3.54. The van der Waals surface area contributed by atoms with Gasteiger partial charge >= 0.3 is 0 Å². The van der Waals surface area contributed by atoms with Crippen molar-refractivity contribution in [1.29, 1.82) is 0 Å². The molecule has 27 heavy (non-hydrogen) atoms. The van der Waals surface area contributed by atoms with Crippen LogP contribution < -0.4 is 14.8 Å². The van der Waals surface area contributed by atoms with Gasteiger partial charge in [-0.2, -0.15) is 0 Å². The largest absolute Gasteiger partial charge is 0.496 e. The maximum absolute atomic E-state index is 11.8. The zero-order valence-corrected chi connectivity index (χ0v) is 16.0. The van der Waals surface area contributed by atoms with Gasteiger partial charge in [-0.05, 0) is 31.6 Å². The second-order valence-electron chi connectivity index (χ2n) is 6.07. The summed E-state index contributed by atoms with van der Waals surface area (Å²) in [6.07, 6.45) is 3.28. The molecule has 0 saturated carbocycles. The molecule has 2 aromatic carbocycles. The summed E-state index contributed by atoms with van der Waals surface area (Å²) in [7, 11) is 3.25. The number of rotatable bonds is 6. The number of ether oxygens (including phenoxy) is 2. The number of allylic oxidation sites excluding steroid dienone is 1. The van der Waals surface area contributed by atoms with E-state index in [0.717, 1.165) is 39.0 Å². The number of methoxy groups -OCH3 is 1. The number of furan rings is 1. The molecular weight excluding hydrogens is 342 g/mol. The van der Waals surface area contributed by atoms with Gasteiger partial charge in [0.1, 0.15) is 17.1 Å². The van der Waals surface area contributed by atoms with E-state index in [2.05, 4.69) is 5.32 Å². The van der Waals surface area contributed by atoms with Gasteiger partial charge in [-0.3, -0.25) is 4.79 Å². The van der Waals surface area contributed by atoms with Crippen molar-refractivity contribution in [1.82, 2.24) is 5.32 Å². The average molecular weight is 365 g/mol. The van der Waals surface area contributed by atoms with Crippen LogP contribution in [0.15, 0.2) is 53.2 Å². The topological polar surface area (TPSA) is 60.7 Å². The summed E-state index contributed by atoms with van der Waals surface area (Å²) >= 11 is 0. The lowest BCUT2D eigenvalue weighted by Gasteiger charge is -2.12. The number of amides is 1. The Kier molecular flexibility index (Phi) is 5.50. The van der Waals surface area contributed by atoms with Crippen LogP contribution in [0.2, 0.25) is 0 Å². The minimum atomic E-state index is -0.160. The third-order valence-electron chi connectivity index (χ3n) is 4.39. The van der Waals surface area contributed by atoms with Crippen LogP contribution in [0.3, 0.4) is 0 Å². The molecule has 0 aliphatic rings. The standard InChI is InChI=1S/C22H23NO4/c1-5-26-20-12-21-17(11-16(20)14(2)10-22(24)23-3)18(13-27-21)15-8-6-7-9-19(15)25-4/h6-13H,5H2,1-4H3,(H,23,24)/b14-10+. The van der Waals surface area contributed by atoms with Crippen molar-refractivity contribution >= 4 is 22.4 Å². The Morgan fingerprint density at radius 1 is 1.19 bits per heavy atom. The molecule has 140 valence electrons. The van der Waals surface area contributed by atoms with Gasteiger partial charge in [0.25, 0.3) is 0 Å². The SMILES string of the molecule is CCOc1cc2occ(-c3ccccc3OC)c2cc1/C(C)=C/C(=O)NC. The van der Waals surface area contributed by atoms with Gasteiger partial charge in [0.2, 0.25) is 5.91 Å². The van der Waals surface area contributed by atoms with E-state index >= 15 is 0 Å². The molecule has 5 heteroatoms. The first-order chi connectivity index (χ1) is 13.1. The van der Waals surface area contributed by atoms with Crippen molar-refractivity contribution in [3.8, 4) is 22.6 Å². The first-order valence-electron chi connectivity index (χ1n) is 8.80. The fourth-order valence-electron chi connectivity index (χ4n) is 3.06. The Morgan fingerprint density at radius 3 is 2.67 bits per heavy atom. The third kappa shape index (κ3) is 3.67. The molecule has 0 bridgehead atoms. The highest BCUT2D eigenvalue weighted by Crippen LogP contribution is 2.40. The van der Waals surface area contributed by atoms with Gasteiger partial charge in [0.15, 0.2) is 0 Å². The highest BCUT2D eigenvalue weighted by atomic mass is 16.5. The van der Waals surface area contributed by atoms with Crippen molar-refractivity contribution in [3.63, 3.8) is 0 Å². The molecule has 3 aromatic rings. The summed E-state index contributed by atoms with van der Waals surface area (Å²) in [6.45, 7) is 4.34.